The van der Waals surface area contributed by atoms with Crippen LogP contribution in [0, 0.1) is 13.8 Å². The Morgan fingerprint density at radius 1 is 1.22 bits per heavy atom. The molecule has 2 rings (SSSR count). The molecule has 1 atom stereocenters. The van der Waals surface area contributed by atoms with Crippen molar-refractivity contribution in [1.82, 2.24) is 4.57 Å². The zero-order valence-electron chi connectivity index (χ0n) is 10.8. The van der Waals surface area contributed by atoms with E-state index in [1.165, 1.54) is 5.56 Å². The van der Waals surface area contributed by atoms with E-state index in [4.69, 9.17) is 5.73 Å². The lowest BCUT2D eigenvalue weighted by Gasteiger charge is -2.14. The van der Waals surface area contributed by atoms with Gasteiger partial charge >= 0.3 is 0 Å². The maximum atomic E-state index is 11.9. The van der Waals surface area contributed by atoms with Crippen LogP contribution >= 0.6 is 0 Å². The topological polar surface area (TPSA) is 48.0 Å². The smallest absolute Gasteiger partial charge is 0.253 e. The van der Waals surface area contributed by atoms with E-state index < -0.39 is 0 Å². The highest BCUT2D eigenvalue weighted by molar-refractivity contribution is 5.24. The van der Waals surface area contributed by atoms with Gasteiger partial charge in [0.05, 0.1) is 0 Å². The summed E-state index contributed by atoms with van der Waals surface area (Å²) < 4.78 is 1.67. The Balaban J connectivity index is 2.24. The average molecular weight is 242 g/mol. The summed E-state index contributed by atoms with van der Waals surface area (Å²) in [6, 6.07) is 11.6. The Morgan fingerprint density at radius 2 is 2.00 bits per heavy atom. The molecule has 0 bridgehead atoms. The quantitative estimate of drug-likeness (QED) is 0.896. The SMILES string of the molecule is Cc1cccc(C(N)Cn2cccc(C)c2=O)c1. The van der Waals surface area contributed by atoms with Gasteiger partial charge in [0.2, 0.25) is 0 Å². The first kappa shape index (κ1) is 12.6. The third-order valence-electron chi connectivity index (χ3n) is 3.07. The molecule has 1 unspecified atom stereocenters. The molecule has 3 heteroatoms. The van der Waals surface area contributed by atoms with Gasteiger partial charge in [-0.2, -0.15) is 0 Å². The molecule has 1 heterocycles. The molecule has 0 saturated carbocycles. The summed E-state index contributed by atoms with van der Waals surface area (Å²) in [7, 11) is 0. The first-order chi connectivity index (χ1) is 8.58. The summed E-state index contributed by atoms with van der Waals surface area (Å²) in [6.45, 7) is 4.36. The Kier molecular flexibility index (Phi) is 3.63. The van der Waals surface area contributed by atoms with E-state index in [9.17, 15) is 4.79 Å². The van der Waals surface area contributed by atoms with Crippen LogP contribution in [0.3, 0.4) is 0 Å². The molecule has 2 N–H and O–H groups in total. The fraction of sp³-hybridized carbons (Fsp3) is 0.267. The average Bonchev–Trinajstić information content (AvgIpc) is 2.35. The van der Waals surface area contributed by atoms with Gasteiger partial charge in [0.25, 0.3) is 5.56 Å². The van der Waals surface area contributed by atoms with Crippen LogP contribution in [0.1, 0.15) is 22.7 Å². The van der Waals surface area contributed by atoms with Crippen molar-refractivity contribution in [2.45, 2.75) is 26.4 Å². The van der Waals surface area contributed by atoms with Crippen LogP contribution in [0.25, 0.3) is 0 Å². The van der Waals surface area contributed by atoms with E-state index >= 15 is 0 Å². The largest absolute Gasteiger partial charge is 0.322 e. The molecule has 18 heavy (non-hydrogen) atoms. The molecule has 1 aromatic carbocycles. The Labute approximate surface area is 107 Å². The summed E-state index contributed by atoms with van der Waals surface area (Å²) in [5, 5.41) is 0. The van der Waals surface area contributed by atoms with Crippen molar-refractivity contribution in [3.05, 3.63) is 69.6 Å². The van der Waals surface area contributed by atoms with Crippen molar-refractivity contribution in [2.75, 3.05) is 0 Å². The lowest BCUT2D eigenvalue weighted by Crippen LogP contribution is -2.27. The third-order valence-corrected chi connectivity index (χ3v) is 3.07. The van der Waals surface area contributed by atoms with Crippen molar-refractivity contribution in [3.8, 4) is 0 Å². The molecule has 2 aromatic rings. The molecule has 0 radical (unpaired) electrons. The monoisotopic (exact) mass is 242 g/mol. The molecule has 3 nitrogen and oxygen atoms in total. The Morgan fingerprint density at radius 3 is 2.72 bits per heavy atom. The van der Waals surface area contributed by atoms with Crippen LogP contribution < -0.4 is 11.3 Å². The molecule has 0 spiro atoms. The van der Waals surface area contributed by atoms with Crippen molar-refractivity contribution >= 4 is 0 Å². The van der Waals surface area contributed by atoms with E-state index in [1.807, 2.05) is 44.2 Å². The second-order valence-electron chi connectivity index (χ2n) is 4.67. The van der Waals surface area contributed by atoms with Gasteiger partial charge in [0, 0.05) is 24.3 Å². The van der Waals surface area contributed by atoms with E-state index in [2.05, 4.69) is 6.07 Å². The fourth-order valence-corrected chi connectivity index (χ4v) is 2.02. The second-order valence-corrected chi connectivity index (χ2v) is 4.67. The maximum absolute atomic E-state index is 11.9. The number of hydrogen-bond donors (Lipinski definition) is 1. The summed E-state index contributed by atoms with van der Waals surface area (Å²) >= 11 is 0. The molecule has 0 saturated heterocycles. The zero-order chi connectivity index (χ0) is 13.1. The molecule has 0 aliphatic heterocycles. The molecule has 0 aliphatic rings. The highest BCUT2D eigenvalue weighted by atomic mass is 16.1. The van der Waals surface area contributed by atoms with Gasteiger partial charge in [-0.25, -0.2) is 0 Å². The summed E-state index contributed by atoms with van der Waals surface area (Å²) in [6.07, 6.45) is 1.78. The van der Waals surface area contributed by atoms with Gasteiger partial charge in [-0.3, -0.25) is 4.79 Å². The standard InChI is InChI=1S/C15H18N2O/c1-11-5-3-7-13(9-11)14(16)10-17-8-4-6-12(2)15(17)18/h3-9,14H,10,16H2,1-2H3. The van der Waals surface area contributed by atoms with Gasteiger partial charge in [-0.15, -0.1) is 0 Å². The van der Waals surface area contributed by atoms with Crippen LogP contribution in [-0.4, -0.2) is 4.57 Å². The van der Waals surface area contributed by atoms with Gasteiger partial charge < -0.3 is 10.3 Å². The molecular weight excluding hydrogens is 224 g/mol. The van der Waals surface area contributed by atoms with Crippen molar-refractivity contribution in [2.24, 2.45) is 5.73 Å². The van der Waals surface area contributed by atoms with Gasteiger partial charge in [-0.05, 0) is 25.5 Å². The van der Waals surface area contributed by atoms with E-state index in [0.717, 1.165) is 11.1 Å². The van der Waals surface area contributed by atoms with Crippen LogP contribution in [0.2, 0.25) is 0 Å². The first-order valence-electron chi connectivity index (χ1n) is 6.06. The summed E-state index contributed by atoms with van der Waals surface area (Å²) in [5.74, 6) is 0. The van der Waals surface area contributed by atoms with Crippen LogP contribution in [0.4, 0.5) is 0 Å². The van der Waals surface area contributed by atoms with E-state index in [1.54, 1.807) is 10.8 Å². The van der Waals surface area contributed by atoms with Crippen molar-refractivity contribution < 1.29 is 0 Å². The number of nitrogens with two attached hydrogens (primary N) is 1. The third kappa shape index (κ3) is 2.68. The van der Waals surface area contributed by atoms with Crippen LogP contribution in [0.5, 0.6) is 0 Å². The van der Waals surface area contributed by atoms with Gasteiger partial charge in [0.15, 0.2) is 0 Å². The second kappa shape index (κ2) is 5.19. The zero-order valence-corrected chi connectivity index (χ0v) is 10.8. The van der Waals surface area contributed by atoms with Crippen LogP contribution in [0.15, 0.2) is 47.4 Å². The number of hydrogen-bond acceptors (Lipinski definition) is 2. The summed E-state index contributed by atoms with van der Waals surface area (Å²) in [5.41, 5.74) is 9.17. The minimum absolute atomic E-state index is 0.0283. The highest BCUT2D eigenvalue weighted by Gasteiger charge is 2.08. The Hall–Kier alpha value is -1.87. The molecule has 1 aromatic heterocycles. The Bertz CT molecular complexity index is 601. The number of benzene rings is 1. The number of aryl methyl sites for hydroxylation is 2. The van der Waals surface area contributed by atoms with E-state index in [0.29, 0.717) is 6.54 Å². The fourth-order valence-electron chi connectivity index (χ4n) is 2.02. The number of nitrogens with zero attached hydrogens (tertiary/aromatic N) is 1. The van der Waals surface area contributed by atoms with Gasteiger partial charge in [-0.1, -0.05) is 35.9 Å². The minimum Gasteiger partial charge on any atom is -0.322 e. The molecule has 0 aliphatic carbocycles. The molecule has 94 valence electrons. The summed E-state index contributed by atoms with van der Waals surface area (Å²) in [4.78, 5) is 11.9. The minimum atomic E-state index is -0.163. The first-order valence-corrected chi connectivity index (χ1v) is 6.06. The number of aromatic nitrogens is 1. The molecule has 0 fully saturated rings. The van der Waals surface area contributed by atoms with Crippen molar-refractivity contribution in [3.63, 3.8) is 0 Å². The predicted octanol–water partition coefficient (Wildman–Crippen LogP) is 2.17. The lowest BCUT2D eigenvalue weighted by molar-refractivity contribution is 0.559. The number of pyridine rings is 1. The van der Waals surface area contributed by atoms with Gasteiger partial charge in [0.1, 0.15) is 0 Å². The van der Waals surface area contributed by atoms with E-state index in [-0.39, 0.29) is 11.6 Å². The predicted molar refractivity (Wildman–Crippen MR) is 73.5 cm³/mol. The molecular formula is C15H18N2O. The normalized spacial score (nSPS) is 12.4. The number of rotatable bonds is 3. The van der Waals surface area contributed by atoms with Crippen molar-refractivity contribution in [1.29, 1.82) is 0 Å². The highest BCUT2D eigenvalue weighted by Crippen LogP contribution is 2.13. The lowest BCUT2D eigenvalue weighted by atomic mass is 10.1. The molecule has 0 amide bonds. The van der Waals surface area contributed by atoms with Crippen LogP contribution in [-0.2, 0) is 6.54 Å². The maximum Gasteiger partial charge on any atom is 0.253 e.